The predicted octanol–water partition coefficient (Wildman–Crippen LogP) is 3.21. The van der Waals surface area contributed by atoms with Crippen LogP contribution in [0.25, 0.3) is 0 Å². The van der Waals surface area contributed by atoms with Gasteiger partial charge in [-0.2, -0.15) is 0 Å². The topological polar surface area (TPSA) is 54.0 Å². The lowest BCUT2D eigenvalue weighted by Gasteiger charge is -2.41. The molecule has 0 aromatic heterocycles. The van der Waals surface area contributed by atoms with Gasteiger partial charge in [-0.25, -0.2) is 4.79 Å². The number of rotatable bonds is 2. The second-order valence-electron chi connectivity index (χ2n) is 7.26. The van der Waals surface area contributed by atoms with E-state index in [1.54, 1.807) is 11.0 Å². The number of hydrogen-bond acceptors (Lipinski definition) is 4. The molecule has 25 heavy (non-hydrogen) atoms. The molecule has 2 fully saturated rings. The minimum atomic E-state index is -0.351. The maximum Gasteiger partial charge on any atom is 0.322 e. The molecule has 1 unspecified atom stereocenters. The number of amides is 2. The Kier molecular flexibility index (Phi) is 5.41. The van der Waals surface area contributed by atoms with Gasteiger partial charge in [0.25, 0.3) is 0 Å². The average Bonchev–Trinajstić information content (AvgIpc) is 2.54. The standard InChI is InChI=1S/C18H26ClN3O3/c1-13-11-22(12-18(2,3)25-13)17(23)20-15-10-14(19)4-5-16(15)21-6-8-24-9-7-21/h4-5,10,13H,6-9,11-12H2,1-3H3,(H,20,23). The molecule has 1 aromatic carbocycles. The van der Waals surface area contributed by atoms with Crippen molar-refractivity contribution in [1.82, 2.24) is 4.90 Å². The van der Waals surface area contributed by atoms with Crippen LogP contribution in [0.5, 0.6) is 0 Å². The molecule has 0 spiro atoms. The van der Waals surface area contributed by atoms with Crippen LogP contribution in [0, 0.1) is 0 Å². The number of anilines is 2. The van der Waals surface area contributed by atoms with E-state index in [0.29, 0.717) is 31.3 Å². The number of morpholine rings is 2. The molecule has 2 aliphatic rings. The molecular formula is C18H26ClN3O3. The van der Waals surface area contributed by atoms with E-state index in [1.165, 1.54) is 0 Å². The molecular weight excluding hydrogens is 342 g/mol. The zero-order valence-electron chi connectivity index (χ0n) is 15.0. The Bertz CT molecular complexity index is 632. The first-order chi connectivity index (χ1) is 11.8. The van der Waals surface area contributed by atoms with E-state index in [2.05, 4.69) is 10.2 Å². The first-order valence-electron chi connectivity index (χ1n) is 8.70. The molecule has 7 heteroatoms. The molecule has 0 bridgehead atoms. The van der Waals surface area contributed by atoms with Gasteiger partial charge in [0, 0.05) is 24.7 Å². The smallest absolute Gasteiger partial charge is 0.322 e. The molecule has 1 N–H and O–H groups in total. The fraction of sp³-hybridized carbons (Fsp3) is 0.611. The quantitative estimate of drug-likeness (QED) is 0.872. The number of ether oxygens (including phenoxy) is 2. The molecule has 2 amide bonds. The summed E-state index contributed by atoms with van der Waals surface area (Å²) in [6.45, 7) is 10.1. The maximum absolute atomic E-state index is 12.8. The van der Waals surface area contributed by atoms with Gasteiger partial charge >= 0.3 is 6.03 Å². The van der Waals surface area contributed by atoms with Crippen molar-refractivity contribution < 1.29 is 14.3 Å². The molecule has 0 saturated carbocycles. The summed E-state index contributed by atoms with van der Waals surface area (Å²) in [6.07, 6.45) is 0.00701. The Morgan fingerprint density at radius 3 is 2.72 bits per heavy atom. The molecule has 2 heterocycles. The monoisotopic (exact) mass is 367 g/mol. The van der Waals surface area contributed by atoms with E-state index in [9.17, 15) is 4.79 Å². The number of urea groups is 1. The Balaban J connectivity index is 1.77. The molecule has 6 nitrogen and oxygen atoms in total. The second-order valence-corrected chi connectivity index (χ2v) is 7.70. The lowest BCUT2D eigenvalue weighted by Crippen LogP contribution is -2.54. The summed E-state index contributed by atoms with van der Waals surface area (Å²) < 4.78 is 11.3. The van der Waals surface area contributed by atoms with E-state index < -0.39 is 0 Å². The molecule has 1 aromatic rings. The lowest BCUT2D eigenvalue weighted by molar-refractivity contribution is -0.116. The van der Waals surface area contributed by atoms with Gasteiger partial charge in [0.2, 0.25) is 0 Å². The van der Waals surface area contributed by atoms with E-state index in [4.69, 9.17) is 21.1 Å². The zero-order valence-corrected chi connectivity index (χ0v) is 15.8. The number of carbonyl (C=O) groups excluding carboxylic acids is 1. The van der Waals surface area contributed by atoms with Crippen LogP contribution >= 0.6 is 11.6 Å². The summed E-state index contributed by atoms with van der Waals surface area (Å²) in [7, 11) is 0. The summed E-state index contributed by atoms with van der Waals surface area (Å²) >= 11 is 6.17. The average molecular weight is 368 g/mol. The predicted molar refractivity (Wildman–Crippen MR) is 99.7 cm³/mol. The molecule has 1 atom stereocenters. The Hall–Kier alpha value is -1.50. The molecule has 0 radical (unpaired) electrons. The summed E-state index contributed by atoms with van der Waals surface area (Å²) in [5.41, 5.74) is 1.36. The van der Waals surface area contributed by atoms with Crippen LogP contribution in [-0.2, 0) is 9.47 Å². The third kappa shape index (κ3) is 4.57. The molecule has 2 aliphatic heterocycles. The first kappa shape index (κ1) is 18.3. The summed E-state index contributed by atoms with van der Waals surface area (Å²) in [4.78, 5) is 16.8. The minimum Gasteiger partial charge on any atom is -0.378 e. The second kappa shape index (κ2) is 7.40. The van der Waals surface area contributed by atoms with Crippen LogP contribution in [-0.4, -0.2) is 62.0 Å². The minimum absolute atomic E-state index is 0.00701. The van der Waals surface area contributed by atoms with Gasteiger partial charge in [0.1, 0.15) is 0 Å². The Morgan fingerprint density at radius 1 is 1.32 bits per heavy atom. The van der Waals surface area contributed by atoms with Gasteiger partial charge < -0.3 is 24.6 Å². The highest BCUT2D eigenvalue weighted by atomic mass is 35.5. The van der Waals surface area contributed by atoms with Crippen LogP contribution in [0.1, 0.15) is 20.8 Å². The third-order valence-electron chi connectivity index (χ3n) is 4.41. The number of halogens is 1. The number of carbonyl (C=O) groups is 1. The van der Waals surface area contributed by atoms with Crippen LogP contribution in [0.3, 0.4) is 0 Å². The molecule has 138 valence electrons. The summed E-state index contributed by atoms with van der Waals surface area (Å²) in [5, 5.41) is 3.64. The van der Waals surface area contributed by atoms with Crippen molar-refractivity contribution in [2.45, 2.75) is 32.5 Å². The molecule has 3 rings (SSSR count). The van der Waals surface area contributed by atoms with Crippen LogP contribution in [0.2, 0.25) is 5.02 Å². The fourth-order valence-corrected chi connectivity index (χ4v) is 3.66. The van der Waals surface area contributed by atoms with Gasteiger partial charge in [-0.05, 0) is 39.0 Å². The number of benzene rings is 1. The van der Waals surface area contributed by atoms with Crippen molar-refractivity contribution in [3.05, 3.63) is 23.2 Å². The van der Waals surface area contributed by atoms with Crippen molar-refractivity contribution in [3.8, 4) is 0 Å². The van der Waals surface area contributed by atoms with Crippen molar-refractivity contribution in [2.24, 2.45) is 0 Å². The molecule has 2 saturated heterocycles. The van der Waals surface area contributed by atoms with E-state index >= 15 is 0 Å². The highest BCUT2D eigenvalue weighted by molar-refractivity contribution is 6.31. The highest BCUT2D eigenvalue weighted by Gasteiger charge is 2.34. The lowest BCUT2D eigenvalue weighted by atomic mass is 10.1. The van der Waals surface area contributed by atoms with Crippen molar-refractivity contribution in [3.63, 3.8) is 0 Å². The SMILES string of the molecule is CC1CN(C(=O)Nc2cc(Cl)ccc2N2CCOCC2)CC(C)(C)O1. The normalized spacial score (nSPS) is 23.4. The van der Waals surface area contributed by atoms with Crippen LogP contribution in [0.4, 0.5) is 16.2 Å². The summed E-state index contributed by atoms with van der Waals surface area (Å²) in [5.74, 6) is 0. The first-order valence-corrected chi connectivity index (χ1v) is 9.08. The van der Waals surface area contributed by atoms with Gasteiger partial charge in [0.05, 0.1) is 42.8 Å². The number of nitrogens with zero attached hydrogens (tertiary/aromatic N) is 2. The number of nitrogens with one attached hydrogen (secondary N) is 1. The van der Waals surface area contributed by atoms with Crippen molar-refractivity contribution in [2.75, 3.05) is 49.6 Å². The number of hydrogen-bond donors (Lipinski definition) is 1. The molecule has 0 aliphatic carbocycles. The summed E-state index contributed by atoms with van der Waals surface area (Å²) in [6, 6.07) is 5.48. The highest BCUT2D eigenvalue weighted by Crippen LogP contribution is 2.31. The van der Waals surface area contributed by atoms with Gasteiger partial charge in [-0.1, -0.05) is 11.6 Å². The van der Waals surface area contributed by atoms with Crippen molar-refractivity contribution in [1.29, 1.82) is 0 Å². The van der Waals surface area contributed by atoms with E-state index in [-0.39, 0.29) is 17.7 Å². The fourth-order valence-electron chi connectivity index (χ4n) is 3.49. The maximum atomic E-state index is 12.8. The van der Waals surface area contributed by atoms with Crippen LogP contribution in [0.15, 0.2) is 18.2 Å². The van der Waals surface area contributed by atoms with Crippen molar-refractivity contribution >= 4 is 29.0 Å². The van der Waals surface area contributed by atoms with Gasteiger partial charge in [0.15, 0.2) is 0 Å². The van der Waals surface area contributed by atoms with Gasteiger partial charge in [-0.3, -0.25) is 0 Å². The van der Waals surface area contributed by atoms with Gasteiger partial charge in [-0.15, -0.1) is 0 Å². The zero-order chi connectivity index (χ0) is 18.0. The van der Waals surface area contributed by atoms with E-state index in [0.717, 1.165) is 24.5 Å². The van der Waals surface area contributed by atoms with E-state index in [1.807, 2.05) is 32.9 Å². The van der Waals surface area contributed by atoms with Crippen LogP contribution < -0.4 is 10.2 Å². The Labute approximate surface area is 154 Å². The Morgan fingerprint density at radius 2 is 2.04 bits per heavy atom. The third-order valence-corrected chi connectivity index (χ3v) is 4.64. The largest absolute Gasteiger partial charge is 0.378 e.